The van der Waals surface area contributed by atoms with Crippen molar-refractivity contribution in [1.82, 2.24) is 9.55 Å². The van der Waals surface area contributed by atoms with Crippen LogP contribution < -0.4 is 0 Å². The minimum Gasteiger partial charge on any atom is -0.330 e. The van der Waals surface area contributed by atoms with Crippen LogP contribution >= 0.6 is 0 Å². The second-order valence-electron chi connectivity index (χ2n) is 4.53. The Labute approximate surface area is 138 Å². The molecule has 0 saturated heterocycles. The van der Waals surface area contributed by atoms with Crippen molar-refractivity contribution in [2.75, 3.05) is 0 Å². The molecule has 1 heterocycles. The van der Waals surface area contributed by atoms with Gasteiger partial charge in [-0.2, -0.15) is 0 Å². The lowest BCUT2D eigenvalue weighted by atomic mass is 10.2. The Balaban J connectivity index is 0. The summed E-state index contributed by atoms with van der Waals surface area (Å²) in [7, 11) is 0. The minimum absolute atomic E-state index is 0.436. The maximum absolute atomic E-state index is 4.17. The summed E-state index contributed by atoms with van der Waals surface area (Å²) in [6.07, 6.45) is 9.61. The van der Waals surface area contributed by atoms with Crippen molar-refractivity contribution in [3.63, 3.8) is 0 Å². The summed E-state index contributed by atoms with van der Waals surface area (Å²) in [6, 6.07) is 0. The monoisotopic (exact) mass is 302 g/mol. The van der Waals surface area contributed by atoms with E-state index in [2.05, 4.69) is 54.8 Å². The van der Waals surface area contributed by atoms with Crippen LogP contribution in [0.3, 0.4) is 0 Å². The van der Waals surface area contributed by atoms with Crippen LogP contribution in [0, 0.1) is 17.8 Å². The van der Waals surface area contributed by atoms with Crippen LogP contribution in [0.1, 0.15) is 60.6 Å². The molecule has 22 heavy (non-hydrogen) atoms. The maximum Gasteiger partial charge on any atom is 0.0951 e. The number of rotatable bonds is 5. The van der Waals surface area contributed by atoms with Crippen molar-refractivity contribution in [3.05, 3.63) is 42.5 Å². The van der Waals surface area contributed by atoms with E-state index in [4.69, 9.17) is 0 Å². The minimum atomic E-state index is 0.436. The number of allylic oxidation sites excluding steroid dienone is 3. The summed E-state index contributed by atoms with van der Waals surface area (Å²) in [5.41, 5.74) is 2.44. The number of aromatic nitrogens is 2. The molecule has 0 aliphatic rings. The van der Waals surface area contributed by atoms with Crippen molar-refractivity contribution in [3.8, 4) is 11.8 Å². The van der Waals surface area contributed by atoms with Gasteiger partial charge in [-0.15, -0.1) is 5.92 Å². The SMILES string of the molecule is C=C/C(=C\CC#CC(C)C)Cn1cncc1CC.CC.CC. The molecule has 0 radical (unpaired) electrons. The number of hydrogen-bond acceptors (Lipinski definition) is 1. The molecule has 0 aliphatic carbocycles. The standard InChI is InChI=1S/C16H22N2.2C2H6/c1-5-15(10-8-7-9-14(3)4)12-18-13-17-11-16(18)6-2;2*1-2/h5,10-11,13-14H,1,6,8,12H2,2-4H3;2*1-2H3/b15-10+;;. The Hall–Kier alpha value is -1.75. The molecule has 0 aliphatic heterocycles. The molecule has 2 nitrogen and oxygen atoms in total. The van der Waals surface area contributed by atoms with E-state index in [-0.39, 0.29) is 0 Å². The van der Waals surface area contributed by atoms with E-state index >= 15 is 0 Å². The van der Waals surface area contributed by atoms with Crippen molar-refractivity contribution in [1.29, 1.82) is 0 Å². The smallest absolute Gasteiger partial charge is 0.0951 e. The third-order valence-corrected chi connectivity index (χ3v) is 2.63. The van der Waals surface area contributed by atoms with E-state index in [0.29, 0.717) is 5.92 Å². The van der Waals surface area contributed by atoms with Gasteiger partial charge in [0.1, 0.15) is 0 Å². The molecule has 0 N–H and O–H groups in total. The summed E-state index contributed by atoms with van der Waals surface area (Å²) in [5.74, 6) is 6.75. The fourth-order valence-corrected chi connectivity index (χ4v) is 1.64. The van der Waals surface area contributed by atoms with E-state index in [1.165, 1.54) is 11.3 Å². The van der Waals surface area contributed by atoms with Crippen LogP contribution in [0.15, 0.2) is 36.8 Å². The first-order valence-electron chi connectivity index (χ1n) is 8.46. The molecular weight excluding hydrogens is 268 g/mol. The zero-order valence-electron chi connectivity index (χ0n) is 15.6. The molecule has 0 bridgehead atoms. The van der Waals surface area contributed by atoms with Gasteiger partial charge in [-0.05, 0) is 12.0 Å². The van der Waals surface area contributed by atoms with Gasteiger partial charge in [0, 0.05) is 30.8 Å². The van der Waals surface area contributed by atoms with Gasteiger partial charge < -0.3 is 4.57 Å². The summed E-state index contributed by atoms with van der Waals surface area (Å²) < 4.78 is 2.16. The summed E-state index contributed by atoms with van der Waals surface area (Å²) in [4.78, 5) is 4.17. The molecule has 0 amide bonds. The van der Waals surface area contributed by atoms with Crippen LogP contribution in [-0.4, -0.2) is 9.55 Å². The van der Waals surface area contributed by atoms with Crippen LogP contribution in [0.5, 0.6) is 0 Å². The van der Waals surface area contributed by atoms with Crippen molar-refractivity contribution < 1.29 is 0 Å². The van der Waals surface area contributed by atoms with Gasteiger partial charge in [0.05, 0.1) is 6.33 Å². The molecular formula is C20H34N2. The van der Waals surface area contributed by atoms with E-state index in [1.807, 2.05) is 46.3 Å². The fourth-order valence-electron chi connectivity index (χ4n) is 1.64. The van der Waals surface area contributed by atoms with Gasteiger partial charge in [0.25, 0.3) is 0 Å². The molecule has 0 aromatic carbocycles. The molecule has 0 atom stereocenters. The molecule has 2 heteroatoms. The average molecular weight is 303 g/mol. The normalized spacial score (nSPS) is 9.73. The molecule has 0 spiro atoms. The Bertz CT molecular complexity index is 467. The summed E-state index contributed by atoms with van der Waals surface area (Å²) in [6.45, 7) is 19.0. The van der Waals surface area contributed by atoms with Gasteiger partial charge in [-0.3, -0.25) is 0 Å². The number of hydrogen-bond donors (Lipinski definition) is 0. The fraction of sp³-hybridized carbons (Fsp3) is 0.550. The zero-order valence-corrected chi connectivity index (χ0v) is 15.6. The highest BCUT2D eigenvalue weighted by atomic mass is 15.0. The van der Waals surface area contributed by atoms with Crippen LogP contribution in [-0.2, 0) is 13.0 Å². The zero-order chi connectivity index (χ0) is 17.4. The molecule has 0 saturated carbocycles. The lowest BCUT2D eigenvalue weighted by Gasteiger charge is -2.06. The van der Waals surface area contributed by atoms with Crippen molar-refractivity contribution >= 4 is 0 Å². The van der Waals surface area contributed by atoms with Crippen molar-refractivity contribution in [2.45, 2.75) is 67.9 Å². The summed E-state index contributed by atoms with van der Waals surface area (Å²) >= 11 is 0. The highest BCUT2D eigenvalue weighted by Gasteiger charge is 2.00. The van der Waals surface area contributed by atoms with E-state index in [1.54, 1.807) is 0 Å². The Morgan fingerprint density at radius 2 is 1.95 bits per heavy atom. The number of aryl methyl sites for hydroxylation is 1. The van der Waals surface area contributed by atoms with Gasteiger partial charge in [-0.1, -0.05) is 73.1 Å². The largest absolute Gasteiger partial charge is 0.330 e. The molecule has 1 rings (SSSR count). The predicted molar refractivity (Wildman–Crippen MR) is 99.8 cm³/mol. The molecule has 0 fully saturated rings. The quantitative estimate of drug-likeness (QED) is 0.507. The Morgan fingerprint density at radius 3 is 2.45 bits per heavy atom. The highest BCUT2D eigenvalue weighted by molar-refractivity contribution is 5.20. The van der Waals surface area contributed by atoms with Gasteiger partial charge in [0.2, 0.25) is 0 Å². The Kier molecular flexibility index (Phi) is 16.0. The molecule has 0 unspecified atom stereocenters. The number of nitrogens with zero attached hydrogens (tertiary/aromatic N) is 2. The lowest BCUT2D eigenvalue weighted by molar-refractivity contribution is 0.744. The molecule has 1 aromatic rings. The van der Waals surface area contributed by atoms with Crippen LogP contribution in [0.4, 0.5) is 0 Å². The van der Waals surface area contributed by atoms with E-state index in [9.17, 15) is 0 Å². The van der Waals surface area contributed by atoms with Crippen LogP contribution in [0.2, 0.25) is 0 Å². The molecule has 1 aromatic heterocycles. The van der Waals surface area contributed by atoms with E-state index in [0.717, 1.165) is 19.4 Å². The Morgan fingerprint density at radius 1 is 1.32 bits per heavy atom. The predicted octanol–water partition coefficient (Wildman–Crippen LogP) is 5.66. The third-order valence-electron chi connectivity index (χ3n) is 2.63. The van der Waals surface area contributed by atoms with Gasteiger partial charge in [0.15, 0.2) is 0 Å². The van der Waals surface area contributed by atoms with Gasteiger partial charge >= 0.3 is 0 Å². The topological polar surface area (TPSA) is 17.8 Å². The second-order valence-corrected chi connectivity index (χ2v) is 4.53. The lowest BCUT2D eigenvalue weighted by Crippen LogP contribution is -2.02. The first-order valence-corrected chi connectivity index (χ1v) is 8.46. The summed E-state index contributed by atoms with van der Waals surface area (Å²) in [5, 5.41) is 0. The molecule has 124 valence electrons. The highest BCUT2D eigenvalue weighted by Crippen LogP contribution is 2.07. The maximum atomic E-state index is 4.17. The first kappa shape index (κ1) is 22.5. The van der Waals surface area contributed by atoms with E-state index < -0.39 is 0 Å². The van der Waals surface area contributed by atoms with Crippen molar-refractivity contribution in [2.24, 2.45) is 5.92 Å². The van der Waals surface area contributed by atoms with Gasteiger partial charge in [-0.25, -0.2) is 4.98 Å². The average Bonchev–Trinajstić information content (AvgIpc) is 3.01. The third kappa shape index (κ3) is 10.0. The number of imidazole rings is 1. The van der Waals surface area contributed by atoms with Crippen LogP contribution in [0.25, 0.3) is 0 Å². The second kappa shape index (κ2) is 15.6. The first-order chi connectivity index (χ1) is 10.7.